The van der Waals surface area contributed by atoms with Crippen LogP contribution in [0.3, 0.4) is 0 Å². The van der Waals surface area contributed by atoms with Gasteiger partial charge in [-0.2, -0.15) is 5.10 Å². The van der Waals surface area contributed by atoms with E-state index >= 15 is 0 Å². The Hall–Kier alpha value is -3.00. The van der Waals surface area contributed by atoms with E-state index in [0.29, 0.717) is 16.3 Å². The summed E-state index contributed by atoms with van der Waals surface area (Å²) in [6.45, 7) is 0. The van der Waals surface area contributed by atoms with Crippen molar-refractivity contribution in [3.05, 3.63) is 53.3 Å². The Morgan fingerprint density at radius 3 is 2.50 bits per heavy atom. The normalized spacial score (nSPS) is 10.5. The molecule has 0 unspecified atom stereocenters. The molecule has 2 heterocycles. The molecular formula is C14H11N5O2S. The summed E-state index contributed by atoms with van der Waals surface area (Å²) < 4.78 is 1.48. The predicted molar refractivity (Wildman–Crippen MR) is 81.7 cm³/mol. The number of hydrogen-bond donors (Lipinski definition) is 2. The van der Waals surface area contributed by atoms with Crippen molar-refractivity contribution in [2.45, 2.75) is 0 Å². The maximum Gasteiger partial charge on any atom is 0.251 e. The zero-order valence-corrected chi connectivity index (χ0v) is 12.1. The summed E-state index contributed by atoms with van der Waals surface area (Å²) in [4.78, 5) is 27.8. The Morgan fingerprint density at radius 2 is 1.95 bits per heavy atom. The quantitative estimate of drug-likeness (QED) is 0.752. The van der Waals surface area contributed by atoms with Gasteiger partial charge in [-0.1, -0.05) is 0 Å². The second kappa shape index (κ2) is 5.41. The highest BCUT2D eigenvalue weighted by Crippen LogP contribution is 2.32. The first-order chi connectivity index (χ1) is 10.6. The van der Waals surface area contributed by atoms with Crippen LogP contribution in [0.4, 0.5) is 0 Å². The minimum atomic E-state index is -0.752. The number of thiazole rings is 1. The number of nitrogens with two attached hydrogens (primary N) is 2. The summed E-state index contributed by atoms with van der Waals surface area (Å²) >= 11 is 1.40. The molecule has 0 radical (unpaired) electrons. The summed E-state index contributed by atoms with van der Waals surface area (Å²) in [5.74, 6) is -1.48. The molecule has 3 rings (SSSR count). The van der Waals surface area contributed by atoms with Crippen LogP contribution in [0.25, 0.3) is 16.3 Å². The van der Waals surface area contributed by atoms with Crippen LogP contribution >= 0.6 is 11.3 Å². The standard InChI is InChI=1S/C14H11N5O2S/c15-12(20)8-2-3-9(14-17-5-7-22-14)11(10(8)13(16)21)19-6-1-4-18-19/h1-7H,(H2,15,20)(H2,16,21). The van der Waals surface area contributed by atoms with Crippen molar-refractivity contribution in [1.29, 1.82) is 0 Å². The molecule has 8 heteroatoms. The third kappa shape index (κ3) is 2.25. The fourth-order valence-corrected chi connectivity index (χ4v) is 2.88. The zero-order valence-electron chi connectivity index (χ0n) is 11.3. The number of amides is 2. The van der Waals surface area contributed by atoms with Gasteiger partial charge in [0.05, 0.1) is 16.8 Å². The minimum absolute atomic E-state index is 0.0314. The SMILES string of the molecule is NC(=O)c1ccc(-c2nccs2)c(-n2cccn2)c1C(N)=O. The summed E-state index contributed by atoms with van der Waals surface area (Å²) in [6.07, 6.45) is 4.87. The van der Waals surface area contributed by atoms with E-state index in [1.165, 1.54) is 22.1 Å². The molecule has 0 saturated carbocycles. The lowest BCUT2D eigenvalue weighted by molar-refractivity contribution is 0.0967. The largest absolute Gasteiger partial charge is 0.366 e. The molecule has 0 aliphatic heterocycles. The van der Waals surface area contributed by atoms with Gasteiger partial charge in [-0.15, -0.1) is 11.3 Å². The van der Waals surface area contributed by atoms with Crippen molar-refractivity contribution >= 4 is 23.2 Å². The molecule has 0 aliphatic rings. The second-order valence-electron chi connectivity index (χ2n) is 4.40. The molecule has 7 nitrogen and oxygen atoms in total. The van der Waals surface area contributed by atoms with Crippen LogP contribution in [0, 0.1) is 0 Å². The third-order valence-electron chi connectivity index (χ3n) is 3.09. The third-order valence-corrected chi connectivity index (χ3v) is 3.89. The lowest BCUT2D eigenvalue weighted by Gasteiger charge is -2.14. The van der Waals surface area contributed by atoms with E-state index in [0.717, 1.165) is 0 Å². The Bertz CT molecular complexity index is 841. The van der Waals surface area contributed by atoms with Crippen LogP contribution in [0.1, 0.15) is 20.7 Å². The maximum absolute atomic E-state index is 11.9. The fourth-order valence-electron chi connectivity index (χ4n) is 2.21. The van der Waals surface area contributed by atoms with Gasteiger partial charge in [-0.05, 0) is 18.2 Å². The van der Waals surface area contributed by atoms with E-state index in [2.05, 4.69) is 10.1 Å². The number of rotatable bonds is 4. The number of benzene rings is 1. The fraction of sp³-hybridized carbons (Fsp3) is 0. The van der Waals surface area contributed by atoms with Crippen molar-refractivity contribution in [2.24, 2.45) is 11.5 Å². The molecular weight excluding hydrogens is 302 g/mol. The number of carbonyl (C=O) groups excluding carboxylic acids is 2. The highest BCUT2D eigenvalue weighted by molar-refractivity contribution is 7.13. The van der Waals surface area contributed by atoms with Crippen LogP contribution in [0.15, 0.2) is 42.2 Å². The lowest BCUT2D eigenvalue weighted by Crippen LogP contribution is -2.23. The minimum Gasteiger partial charge on any atom is -0.366 e. The first kappa shape index (κ1) is 14.0. The molecule has 4 N–H and O–H groups in total. The zero-order chi connectivity index (χ0) is 15.7. The maximum atomic E-state index is 11.9. The monoisotopic (exact) mass is 313 g/mol. The predicted octanol–water partition coefficient (Wildman–Crippen LogP) is 1.19. The molecule has 0 spiro atoms. The van der Waals surface area contributed by atoms with Crippen LogP contribution in [-0.4, -0.2) is 26.6 Å². The van der Waals surface area contributed by atoms with Crippen molar-refractivity contribution < 1.29 is 9.59 Å². The Morgan fingerprint density at radius 1 is 1.14 bits per heavy atom. The van der Waals surface area contributed by atoms with Gasteiger partial charge >= 0.3 is 0 Å². The topological polar surface area (TPSA) is 117 Å². The first-order valence-corrected chi connectivity index (χ1v) is 7.14. The van der Waals surface area contributed by atoms with Gasteiger partial charge in [0.2, 0.25) is 5.91 Å². The van der Waals surface area contributed by atoms with Crippen LogP contribution in [-0.2, 0) is 0 Å². The van der Waals surface area contributed by atoms with E-state index in [1.807, 2.05) is 5.38 Å². The summed E-state index contributed by atoms with van der Waals surface area (Å²) in [6, 6.07) is 4.86. The van der Waals surface area contributed by atoms with E-state index < -0.39 is 11.8 Å². The average molecular weight is 313 g/mol. The van der Waals surface area contributed by atoms with Gasteiger partial charge in [0, 0.05) is 29.5 Å². The Kier molecular flexibility index (Phi) is 3.43. The van der Waals surface area contributed by atoms with Crippen LogP contribution in [0.5, 0.6) is 0 Å². The van der Waals surface area contributed by atoms with E-state index in [9.17, 15) is 9.59 Å². The van der Waals surface area contributed by atoms with E-state index in [1.54, 1.807) is 30.7 Å². The molecule has 1 aromatic carbocycles. The van der Waals surface area contributed by atoms with Crippen LogP contribution < -0.4 is 11.5 Å². The highest BCUT2D eigenvalue weighted by atomic mass is 32.1. The molecule has 22 heavy (non-hydrogen) atoms. The molecule has 0 aliphatic carbocycles. The second-order valence-corrected chi connectivity index (χ2v) is 5.30. The molecule has 0 bridgehead atoms. The van der Waals surface area contributed by atoms with E-state index in [-0.39, 0.29) is 11.1 Å². The highest BCUT2D eigenvalue weighted by Gasteiger charge is 2.23. The summed E-state index contributed by atoms with van der Waals surface area (Å²) in [5.41, 5.74) is 12.0. The molecule has 2 aromatic heterocycles. The summed E-state index contributed by atoms with van der Waals surface area (Å²) in [7, 11) is 0. The Balaban J connectivity index is 2.40. The molecule has 110 valence electrons. The van der Waals surface area contributed by atoms with Gasteiger partial charge in [0.1, 0.15) is 5.01 Å². The van der Waals surface area contributed by atoms with Crippen molar-refractivity contribution in [1.82, 2.24) is 14.8 Å². The van der Waals surface area contributed by atoms with Gasteiger partial charge < -0.3 is 11.5 Å². The molecule has 3 aromatic rings. The van der Waals surface area contributed by atoms with Gasteiger partial charge in [0.15, 0.2) is 0 Å². The summed E-state index contributed by atoms with van der Waals surface area (Å²) in [5, 5.41) is 6.63. The average Bonchev–Trinajstić information content (AvgIpc) is 3.18. The Labute approximate surface area is 129 Å². The first-order valence-electron chi connectivity index (χ1n) is 6.26. The lowest BCUT2D eigenvalue weighted by atomic mass is 9.99. The van der Waals surface area contributed by atoms with Crippen molar-refractivity contribution in [2.75, 3.05) is 0 Å². The van der Waals surface area contributed by atoms with Gasteiger partial charge in [-0.3, -0.25) is 9.59 Å². The molecule has 0 fully saturated rings. The van der Waals surface area contributed by atoms with Crippen LogP contribution in [0.2, 0.25) is 0 Å². The van der Waals surface area contributed by atoms with E-state index in [4.69, 9.17) is 11.5 Å². The van der Waals surface area contributed by atoms with Crippen molar-refractivity contribution in [3.63, 3.8) is 0 Å². The smallest absolute Gasteiger partial charge is 0.251 e. The van der Waals surface area contributed by atoms with Crippen molar-refractivity contribution in [3.8, 4) is 16.3 Å². The number of aromatic nitrogens is 3. The van der Waals surface area contributed by atoms with Gasteiger partial charge in [-0.25, -0.2) is 9.67 Å². The van der Waals surface area contributed by atoms with Gasteiger partial charge in [0.25, 0.3) is 5.91 Å². The molecule has 0 saturated heterocycles. The number of primary amides is 2. The molecule has 0 atom stereocenters. The number of hydrogen-bond acceptors (Lipinski definition) is 5. The molecule has 2 amide bonds. The number of carbonyl (C=O) groups is 2. The number of nitrogens with zero attached hydrogens (tertiary/aromatic N) is 3.